The van der Waals surface area contributed by atoms with Gasteiger partial charge in [-0.1, -0.05) is 6.08 Å². The van der Waals surface area contributed by atoms with Crippen LogP contribution in [0.3, 0.4) is 0 Å². The summed E-state index contributed by atoms with van der Waals surface area (Å²) in [6.07, 6.45) is 3.25. The molecular weight excluding hydrogens is 326 g/mol. The maximum absolute atomic E-state index is 12.1. The summed E-state index contributed by atoms with van der Waals surface area (Å²) in [6, 6.07) is 5.23. The Morgan fingerprint density at radius 1 is 1.36 bits per heavy atom. The number of nitrogens with zero attached hydrogens (tertiary/aromatic N) is 1. The molecular formula is C18H21NO6. The number of fused-ring (bicyclic) bond motifs is 2. The fraction of sp³-hybridized carbons (Fsp3) is 0.444. The number of anilines is 1. The van der Waals surface area contributed by atoms with Crippen LogP contribution in [-0.4, -0.2) is 51.1 Å². The highest BCUT2D eigenvalue weighted by atomic mass is 16.7. The summed E-state index contributed by atoms with van der Waals surface area (Å²) in [4.78, 5) is 25.3. The molecule has 0 aliphatic carbocycles. The van der Waals surface area contributed by atoms with Gasteiger partial charge in [-0.15, -0.1) is 0 Å². The number of amides is 1. The van der Waals surface area contributed by atoms with E-state index >= 15 is 0 Å². The fourth-order valence-electron chi connectivity index (χ4n) is 3.09. The van der Waals surface area contributed by atoms with E-state index in [1.165, 1.54) is 13.0 Å². The maximum Gasteiger partial charge on any atom is 0.330 e. The smallest absolute Gasteiger partial charge is 0.330 e. The van der Waals surface area contributed by atoms with E-state index in [-0.39, 0.29) is 30.8 Å². The SMILES string of the molecule is COCCOCOc1ccc2c(c1)C[C@@H]1OC(=O)C=C[C@H]1N2C(C)=O. The van der Waals surface area contributed by atoms with Gasteiger partial charge in [0.2, 0.25) is 5.91 Å². The standard InChI is InChI=1S/C18H21NO6/c1-12(20)19-15-4-3-14(24-11-23-8-7-22-2)9-13(15)10-17-16(19)5-6-18(21)25-17/h3-6,9,16-17H,7-8,10-11H2,1-2H3/t16-,17+/m1/s1. The first kappa shape index (κ1) is 17.4. The molecule has 0 saturated heterocycles. The predicted octanol–water partition coefficient (Wildman–Crippen LogP) is 1.45. The Morgan fingerprint density at radius 2 is 2.20 bits per heavy atom. The van der Waals surface area contributed by atoms with E-state index < -0.39 is 0 Å². The normalized spacial score (nSPS) is 21.4. The second-order valence-electron chi connectivity index (χ2n) is 5.87. The van der Waals surface area contributed by atoms with E-state index in [2.05, 4.69) is 0 Å². The summed E-state index contributed by atoms with van der Waals surface area (Å²) in [5.74, 6) is 0.151. The van der Waals surface area contributed by atoms with Crippen molar-refractivity contribution in [2.75, 3.05) is 32.0 Å². The van der Waals surface area contributed by atoms with Crippen LogP contribution in [0.25, 0.3) is 0 Å². The highest BCUT2D eigenvalue weighted by molar-refractivity contribution is 5.95. The van der Waals surface area contributed by atoms with Crippen molar-refractivity contribution in [3.05, 3.63) is 35.9 Å². The fourth-order valence-corrected chi connectivity index (χ4v) is 3.09. The molecule has 2 aliphatic rings. The molecule has 0 bridgehead atoms. The van der Waals surface area contributed by atoms with Crippen molar-refractivity contribution in [1.82, 2.24) is 0 Å². The van der Waals surface area contributed by atoms with Crippen molar-refractivity contribution in [3.8, 4) is 5.75 Å². The van der Waals surface area contributed by atoms with Gasteiger partial charge in [-0.2, -0.15) is 0 Å². The number of methoxy groups -OCH3 is 1. The molecule has 0 unspecified atom stereocenters. The van der Waals surface area contributed by atoms with Crippen molar-refractivity contribution in [2.45, 2.75) is 25.5 Å². The van der Waals surface area contributed by atoms with Crippen LogP contribution >= 0.6 is 0 Å². The Kier molecular flexibility index (Phi) is 5.35. The largest absolute Gasteiger partial charge is 0.468 e. The minimum Gasteiger partial charge on any atom is -0.468 e. The third-order valence-corrected chi connectivity index (χ3v) is 4.19. The predicted molar refractivity (Wildman–Crippen MR) is 89.4 cm³/mol. The van der Waals surface area contributed by atoms with Gasteiger partial charge in [0.05, 0.1) is 19.3 Å². The summed E-state index contributed by atoms with van der Waals surface area (Å²) in [6.45, 7) is 2.57. The first-order chi connectivity index (χ1) is 12.1. The number of carbonyl (C=O) groups is 2. The van der Waals surface area contributed by atoms with Gasteiger partial charge in [-0.25, -0.2) is 4.79 Å². The summed E-state index contributed by atoms with van der Waals surface area (Å²) < 4.78 is 21.2. The zero-order chi connectivity index (χ0) is 17.8. The quantitative estimate of drug-likeness (QED) is 0.440. The Balaban J connectivity index is 1.77. The number of esters is 1. The molecule has 0 fully saturated rings. The monoisotopic (exact) mass is 347 g/mol. The van der Waals surface area contributed by atoms with Crippen LogP contribution in [-0.2, 0) is 30.2 Å². The lowest BCUT2D eigenvalue weighted by Crippen LogP contribution is -2.52. The molecule has 2 aliphatic heterocycles. The zero-order valence-electron chi connectivity index (χ0n) is 14.3. The number of carbonyl (C=O) groups excluding carboxylic acids is 2. The molecule has 25 heavy (non-hydrogen) atoms. The molecule has 2 atom stereocenters. The first-order valence-corrected chi connectivity index (χ1v) is 8.11. The summed E-state index contributed by atoms with van der Waals surface area (Å²) >= 11 is 0. The van der Waals surface area contributed by atoms with E-state index in [1.807, 2.05) is 12.1 Å². The molecule has 1 aromatic carbocycles. The lowest BCUT2D eigenvalue weighted by Gasteiger charge is -2.41. The van der Waals surface area contributed by atoms with Crippen LogP contribution in [0.5, 0.6) is 5.75 Å². The molecule has 1 amide bonds. The third kappa shape index (κ3) is 3.83. The van der Waals surface area contributed by atoms with E-state index in [1.54, 1.807) is 24.2 Å². The molecule has 134 valence electrons. The number of rotatable bonds is 6. The van der Waals surface area contributed by atoms with Gasteiger partial charge in [0.25, 0.3) is 0 Å². The van der Waals surface area contributed by atoms with Crippen molar-refractivity contribution < 1.29 is 28.5 Å². The Hall–Kier alpha value is -2.38. The molecule has 0 N–H and O–H groups in total. The summed E-state index contributed by atoms with van der Waals surface area (Å²) in [5, 5.41) is 0. The van der Waals surface area contributed by atoms with Crippen molar-refractivity contribution >= 4 is 17.6 Å². The molecule has 2 heterocycles. The van der Waals surface area contributed by atoms with E-state index in [4.69, 9.17) is 18.9 Å². The van der Waals surface area contributed by atoms with Gasteiger partial charge >= 0.3 is 5.97 Å². The highest BCUT2D eigenvalue weighted by Gasteiger charge is 2.39. The first-order valence-electron chi connectivity index (χ1n) is 8.11. The average molecular weight is 347 g/mol. The van der Waals surface area contributed by atoms with E-state index in [9.17, 15) is 9.59 Å². The minimum atomic E-state index is -0.387. The van der Waals surface area contributed by atoms with Gasteiger partial charge < -0.3 is 23.8 Å². The van der Waals surface area contributed by atoms with Crippen LogP contribution in [0.2, 0.25) is 0 Å². The Bertz CT molecular complexity index is 686. The topological polar surface area (TPSA) is 74.3 Å². The molecule has 0 saturated carbocycles. The lowest BCUT2D eigenvalue weighted by atomic mass is 9.91. The van der Waals surface area contributed by atoms with Crippen molar-refractivity contribution in [3.63, 3.8) is 0 Å². The molecule has 1 aromatic rings. The Morgan fingerprint density at radius 3 is 2.96 bits per heavy atom. The molecule has 0 radical (unpaired) electrons. The third-order valence-electron chi connectivity index (χ3n) is 4.19. The lowest BCUT2D eigenvalue weighted by molar-refractivity contribution is -0.145. The minimum absolute atomic E-state index is 0.102. The molecule has 7 heteroatoms. The van der Waals surface area contributed by atoms with Crippen LogP contribution in [0.15, 0.2) is 30.4 Å². The average Bonchev–Trinajstić information content (AvgIpc) is 2.59. The maximum atomic E-state index is 12.1. The van der Waals surface area contributed by atoms with Crippen LogP contribution in [0.1, 0.15) is 12.5 Å². The molecule has 0 aromatic heterocycles. The number of ether oxygens (including phenoxy) is 4. The van der Waals surface area contributed by atoms with Gasteiger partial charge in [0.1, 0.15) is 11.9 Å². The van der Waals surface area contributed by atoms with E-state index in [0.29, 0.717) is 25.4 Å². The summed E-state index contributed by atoms with van der Waals surface area (Å²) in [7, 11) is 1.61. The van der Waals surface area contributed by atoms with E-state index in [0.717, 1.165) is 11.3 Å². The summed E-state index contributed by atoms with van der Waals surface area (Å²) in [5.41, 5.74) is 1.71. The molecule has 3 rings (SSSR count). The Labute approximate surface area is 146 Å². The number of benzene rings is 1. The zero-order valence-corrected chi connectivity index (χ0v) is 14.3. The second kappa shape index (κ2) is 7.67. The van der Waals surface area contributed by atoms with Gasteiger partial charge in [-0.3, -0.25) is 4.79 Å². The van der Waals surface area contributed by atoms with Crippen LogP contribution in [0.4, 0.5) is 5.69 Å². The molecule has 7 nitrogen and oxygen atoms in total. The van der Waals surface area contributed by atoms with Crippen molar-refractivity contribution in [2.24, 2.45) is 0 Å². The number of hydrogen-bond acceptors (Lipinski definition) is 6. The van der Waals surface area contributed by atoms with Gasteiger partial charge in [0, 0.05) is 32.2 Å². The number of hydrogen-bond donors (Lipinski definition) is 0. The van der Waals surface area contributed by atoms with Crippen LogP contribution < -0.4 is 9.64 Å². The van der Waals surface area contributed by atoms with Crippen LogP contribution in [0, 0.1) is 0 Å². The van der Waals surface area contributed by atoms with Gasteiger partial charge in [0.15, 0.2) is 6.79 Å². The van der Waals surface area contributed by atoms with Crippen molar-refractivity contribution in [1.29, 1.82) is 0 Å². The second-order valence-corrected chi connectivity index (χ2v) is 5.87. The molecule has 0 spiro atoms. The highest BCUT2D eigenvalue weighted by Crippen LogP contribution is 2.36. The van der Waals surface area contributed by atoms with Gasteiger partial charge in [-0.05, 0) is 23.8 Å².